The highest BCUT2D eigenvalue weighted by molar-refractivity contribution is 7.91. The van der Waals surface area contributed by atoms with Crippen molar-refractivity contribution in [3.05, 3.63) is 34.5 Å². The summed E-state index contributed by atoms with van der Waals surface area (Å²) in [4.78, 5) is 14.3. The van der Waals surface area contributed by atoms with E-state index in [2.05, 4.69) is 0 Å². The molecule has 0 aliphatic carbocycles. The molecular weight excluding hydrogens is 346 g/mol. The van der Waals surface area contributed by atoms with E-state index >= 15 is 0 Å². The van der Waals surface area contributed by atoms with E-state index in [-0.39, 0.29) is 23.5 Å². The maximum absolute atomic E-state index is 12.3. The topological polar surface area (TPSA) is 86.1 Å². The second kappa shape index (κ2) is 7.45. The number of hydrogen-bond donors (Lipinski definition) is 0. The fourth-order valence-corrected chi connectivity index (χ4v) is 3.21. The summed E-state index contributed by atoms with van der Waals surface area (Å²) in [6.45, 7) is 4.19. The summed E-state index contributed by atoms with van der Waals surface area (Å²) in [7, 11) is -3.08. The van der Waals surface area contributed by atoms with Gasteiger partial charge in [0.25, 0.3) is 0 Å². The number of nitrogens with zero attached hydrogens (tertiary/aromatic N) is 1. The number of benzene rings is 1. The van der Waals surface area contributed by atoms with Gasteiger partial charge in [-0.25, -0.2) is 8.42 Å². The van der Waals surface area contributed by atoms with Gasteiger partial charge in [-0.15, -0.1) is 0 Å². The number of sulfone groups is 1. The van der Waals surface area contributed by atoms with Crippen LogP contribution in [0.1, 0.15) is 6.92 Å². The van der Waals surface area contributed by atoms with Crippen LogP contribution in [0.5, 0.6) is 5.75 Å². The first kappa shape index (κ1) is 17.8. The molecule has 0 amide bonds. The van der Waals surface area contributed by atoms with E-state index in [0.717, 1.165) is 0 Å². The van der Waals surface area contributed by atoms with E-state index < -0.39 is 9.84 Å². The lowest BCUT2D eigenvalue weighted by Gasteiger charge is -2.27. The molecular formula is C17H21NO6S. The van der Waals surface area contributed by atoms with Gasteiger partial charge in [0.1, 0.15) is 17.9 Å². The van der Waals surface area contributed by atoms with Crippen LogP contribution in [0, 0.1) is 0 Å². The largest absolute Gasteiger partial charge is 0.492 e. The lowest BCUT2D eigenvalue weighted by Crippen LogP contribution is -2.36. The van der Waals surface area contributed by atoms with Crippen molar-refractivity contribution >= 4 is 26.7 Å². The molecule has 0 atom stereocenters. The summed E-state index contributed by atoms with van der Waals surface area (Å²) < 4.78 is 39.7. The van der Waals surface area contributed by atoms with E-state index in [1.807, 2.05) is 4.90 Å². The fraction of sp³-hybridized carbons (Fsp3) is 0.471. The number of fused-ring (bicyclic) bond motifs is 1. The first-order chi connectivity index (χ1) is 12.0. The Bertz CT molecular complexity index is 899. The van der Waals surface area contributed by atoms with Gasteiger partial charge in [-0.1, -0.05) is 6.92 Å². The Hall–Kier alpha value is -2.06. The Kier molecular flexibility index (Phi) is 5.29. The zero-order valence-electron chi connectivity index (χ0n) is 14.1. The second-order valence-corrected chi connectivity index (χ2v) is 8.26. The molecule has 1 aromatic carbocycles. The first-order valence-corrected chi connectivity index (χ1v) is 10.0. The standard InChI is InChI=1S/C17H21NO6S/c1-2-25(20,21)10-9-23-13-3-4-14-15(19)12-17(24-16(14)11-13)18-5-7-22-8-6-18/h3-4,11-12H,2,5-10H2,1H3. The molecule has 1 aromatic heterocycles. The number of hydrogen-bond acceptors (Lipinski definition) is 7. The van der Waals surface area contributed by atoms with Gasteiger partial charge in [-0.2, -0.15) is 0 Å². The highest BCUT2D eigenvalue weighted by Gasteiger charge is 2.16. The van der Waals surface area contributed by atoms with Crippen LogP contribution in [0.15, 0.2) is 33.5 Å². The average Bonchev–Trinajstić information content (AvgIpc) is 2.62. The molecule has 2 aromatic rings. The Labute approximate surface area is 146 Å². The van der Waals surface area contributed by atoms with E-state index in [0.29, 0.717) is 48.9 Å². The SMILES string of the molecule is CCS(=O)(=O)CCOc1ccc2c(=O)cc(N3CCOCC3)oc2c1. The van der Waals surface area contributed by atoms with Crippen LogP contribution in [0.2, 0.25) is 0 Å². The van der Waals surface area contributed by atoms with E-state index in [4.69, 9.17) is 13.9 Å². The van der Waals surface area contributed by atoms with Gasteiger partial charge in [-0.05, 0) is 12.1 Å². The zero-order valence-corrected chi connectivity index (χ0v) is 14.9. The quantitative estimate of drug-likeness (QED) is 0.764. The molecule has 0 radical (unpaired) electrons. The molecule has 0 saturated carbocycles. The summed E-state index contributed by atoms with van der Waals surface area (Å²) in [5, 5.41) is 0.463. The summed E-state index contributed by atoms with van der Waals surface area (Å²) in [5.74, 6) is 1.03. The monoisotopic (exact) mass is 367 g/mol. The molecule has 3 rings (SSSR count). The molecule has 25 heavy (non-hydrogen) atoms. The van der Waals surface area contributed by atoms with Gasteiger partial charge in [0.15, 0.2) is 21.2 Å². The molecule has 8 heteroatoms. The first-order valence-electron chi connectivity index (χ1n) is 8.22. The van der Waals surface area contributed by atoms with Crippen molar-refractivity contribution in [1.82, 2.24) is 0 Å². The highest BCUT2D eigenvalue weighted by Crippen LogP contribution is 2.24. The van der Waals surface area contributed by atoms with Crippen molar-refractivity contribution in [2.24, 2.45) is 0 Å². The van der Waals surface area contributed by atoms with Crippen LogP contribution in [0.4, 0.5) is 5.88 Å². The normalized spacial score (nSPS) is 15.5. The zero-order chi connectivity index (χ0) is 17.9. The molecule has 1 saturated heterocycles. The summed E-state index contributed by atoms with van der Waals surface area (Å²) in [5.41, 5.74) is 0.299. The lowest BCUT2D eigenvalue weighted by atomic mass is 10.2. The molecule has 1 fully saturated rings. The van der Waals surface area contributed by atoms with Gasteiger partial charge in [0.05, 0.1) is 24.4 Å². The predicted octanol–water partition coefficient (Wildman–Crippen LogP) is 1.44. The third-order valence-electron chi connectivity index (χ3n) is 4.11. The maximum Gasteiger partial charge on any atom is 0.200 e. The van der Waals surface area contributed by atoms with E-state index in [1.165, 1.54) is 6.07 Å². The number of anilines is 1. The Morgan fingerprint density at radius 1 is 1.20 bits per heavy atom. The summed E-state index contributed by atoms with van der Waals surface area (Å²) in [6, 6.07) is 6.39. The van der Waals surface area contributed by atoms with Gasteiger partial charge in [0, 0.05) is 31.0 Å². The highest BCUT2D eigenvalue weighted by atomic mass is 32.2. The molecule has 136 valence electrons. The van der Waals surface area contributed by atoms with Crippen LogP contribution in [-0.2, 0) is 14.6 Å². The minimum atomic E-state index is -3.08. The molecule has 0 bridgehead atoms. The molecule has 1 aliphatic heterocycles. The summed E-state index contributed by atoms with van der Waals surface area (Å²) in [6.07, 6.45) is 0. The van der Waals surface area contributed by atoms with Crippen LogP contribution in [0.3, 0.4) is 0 Å². The van der Waals surface area contributed by atoms with Crippen LogP contribution < -0.4 is 15.1 Å². The van der Waals surface area contributed by atoms with Gasteiger partial charge in [-0.3, -0.25) is 4.79 Å². The third-order valence-corrected chi connectivity index (χ3v) is 5.78. The van der Waals surface area contributed by atoms with Gasteiger partial charge in [0.2, 0.25) is 0 Å². The van der Waals surface area contributed by atoms with Crippen molar-refractivity contribution in [2.75, 3.05) is 49.3 Å². The number of rotatable bonds is 6. The Balaban J connectivity index is 1.81. The molecule has 2 heterocycles. The Morgan fingerprint density at radius 3 is 2.68 bits per heavy atom. The van der Waals surface area contributed by atoms with Crippen molar-refractivity contribution in [2.45, 2.75) is 6.92 Å². The van der Waals surface area contributed by atoms with E-state index in [9.17, 15) is 13.2 Å². The van der Waals surface area contributed by atoms with Crippen LogP contribution >= 0.6 is 0 Å². The minimum absolute atomic E-state index is 0.0424. The summed E-state index contributed by atoms with van der Waals surface area (Å²) >= 11 is 0. The number of ether oxygens (including phenoxy) is 2. The predicted molar refractivity (Wildman–Crippen MR) is 95.3 cm³/mol. The molecule has 7 nitrogen and oxygen atoms in total. The Morgan fingerprint density at radius 2 is 1.96 bits per heavy atom. The minimum Gasteiger partial charge on any atom is -0.492 e. The van der Waals surface area contributed by atoms with Crippen molar-refractivity contribution < 1.29 is 22.3 Å². The number of morpholine rings is 1. The smallest absolute Gasteiger partial charge is 0.200 e. The molecule has 0 N–H and O–H groups in total. The lowest BCUT2D eigenvalue weighted by molar-refractivity contribution is 0.121. The van der Waals surface area contributed by atoms with Crippen LogP contribution in [0.25, 0.3) is 11.0 Å². The third kappa shape index (κ3) is 4.32. The van der Waals surface area contributed by atoms with Gasteiger partial charge < -0.3 is 18.8 Å². The molecule has 0 spiro atoms. The van der Waals surface area contributed by atoms with Crippen molar-refractivity contribution in [1.29, 1.82) is 0 Å². The molecule has 0 unspecified atom stereocenters. The van der Waals surface area contributed by atoms with E-state index in [1.54, 1.807) is 25.1 Å². The van der Waals surface area contributed by atoms with Crippen LogP contribution in [-0.4, -0.2) is 52.8 Å². The van der Waals surface area contributed by atoms with Gasteiger partial charge >= 0.3 is 0 Å². The maximum atomic E-state index is 12.3. The van der Waals surface area contributed by atoms with Crippen molar-refractivity contribution in [3.63, 3.8) is 0 Å². The van der Waals surface area contributed by atoms with Crippen molar-refractivity contribution in [3.8, 4) is 5.75 Å². The second-order valence-electron chi connectivity index (χ2n) is 5.79. The molecule has 1 aliphatic rings. The fourth-order valence-electron chi connectivity index (χ4n) is 2.58. The average molecular weight is 367 g/mol.